The Hall–Kier alpha value is -1.16. The van der Waals surface area contributed by atoms with E-state index < -0.39 is 0 Å². The van der Waals surface area contributed by atoms with Crippen LogP contribution in [0.25, 0.3) is 0 Å². The molecule has 0 radical (unpaired) electrons. The summed E-state index contributed by atoms with van der Waals surface area (Å²) in [6, 6.07) is 7.66. The molecule has 0 aromatic heterocycles. The molecule has 1 amide bonds. The molecule has 0 spiro atoms. The van der Waals surface area contributed by atoms with Crippen molar-refractivity contribution in [2.45, 2.75) is 19.3 Å². The standard InChI is InChI=1S/C12H11BrN2O/c13-9-3-5-10(6-4-9)15-12(16)7-11(14-15)8-1-2-8/h3-6,8H,1-2,7H2. The molecular weight excluding hydrogens is 268 g/mol. The van der Waals surface area contributed by atoms with E-state index in [1.807, 2.05) is 24.3 Å². The summed E-state index contributed by atoms with van der Waals surface area (Å²) in [4.78, 5) is 11.8. The molecule has 0 atom stereocenters. The Balaban J connectivity index is 1.88. The lowest BCUT2D eigenvalue weighted by atomic mass is 10.2. The number of carbonyl (C=O) groups is 1. The summed E-state index contributed by atoms with van der Waals surface area (Å²) in [5, 5.41) is 5.94. The molecule has 4 heteroatoms. The lowest BCUT2D eigenvalue weighted by Gasteiger charge is -2.11. The maximum atomic E-state index is 11.8. The summed E-state index contributed by atoms with van der Waals surface area (Å²) in [7, 11) is 0. The third kappa shape index (κ3) is 1.78. The van der Waals surface area contributed by atoms with Crippen molar-refractivity contribution in [1.82, 2.24) is 0 Å². The van der Waals surface area contributed by atoms with Gasteiger partial charge in [-0.1, -0.05) is 15.9 Å². The predicted octanol–water partition coefficient (Wildman–Crippen LogP) is 2.95. The summed E-state index contributed by atoms with van der Waals surface area (Å²) >= 11 is 3.37. The van der Waals surface area contributed by atoms with Crippen LogP contribution in [0.5, 0.6) is 0 Å². The van der Waals surface area contributed by atoms with Crippen LogP contribution in [-0.4, -0.2) is 11.6 Å². The lowest BCUT2D eigenvalue weighted by Crippen LogP contribution is -2.19. The fourth-order valence-corrected chi connectivity index (χ4v) is 2.14. The molecule has 2 aliphatic rings. The van der Waals surface area contributed by atoms with Crippen LogP contribution in [0.4, 0.5) is 5.69 Å². The van der Waals surface area contributed by atoms with Gasteiger partial charge in [0.15, 0.2) is 0 Å². The van der Waals surface area contributed by atoms with Gasteiger partial charge in [-0.15, -0.1) is 0 Å². The van der Waals surface area contributed by atoms with Crippen LogP contribution in [-0.2, 0) is 4.79 Å². The van der Waals surface area contributed by atoms with Crippen LogP contribution < -0.4 is 5.01 Å². The van der Waals surface area contributed by atoms with Gasteiger partial charge in [0.1, 0.15) is 0 Å². The molecule has 1 fully saturated rings. The largest absolute Gasteiger partial charge is 0.272 e. The van der Waals surface area contributed by atoms with Crippen molar-refractivity contribution in [1.29, 1.82) is 0 Å². The number of benzene rings is 1. The molecule has 1 saturated carbocycles. The van der Waals surface area contributed by atoms with Crippen LogP contribution in [0.1, 0.15) is 19.3 Å². The van der Waals surface area contributed by atoms with Crippen molar-refractivity contribution in [2.75, 3.05) is 5.01 Å². The third-order valence-electron chi connectivity index (χ3n) is 2.92. The highest BCUT2D eigenvalue weighted by atomic mass is 79.9. The van der Waals surface area contributed by atoms with Crippen molar-refractivity contribution in [3.63, 3.8) is 0 Å². The zero-order valence-electron chi connectivity index (χ0n) is 8.69. The Morgan fingerprint density at radius 1 is 1.25 bits per heavy atom. The molecule has 0 saturated heterocycles. The fourth-order valence-electron chi connectivity index (χ4n) is 1.88. The summed E-state index contributed by atoms with van der Waals surface area (Å²) < 4.78 is 1.01. The highest BCUT2D eigenvalue weighted by molar-refractivity contribution is 9.10. The summed E-state index contributed by atoms with van der Waals surface area (Å²) in [6.45, 7) is 0. The predicted molar refractivity (Wildman–Crippen MR) is 66.4 cm³/mol. The van der Waals surface area contributed by atoms with E-state index in [2.05, 4.69) is 21.0 Å². The molecule has 82 valence electrons. The molecule has 3 rings (SSSR count). The summed E-state index contributed by atoms with van der Waals surface area (Å²) in [5.41, 5.74) is 1.91. The molecule has 0 bridgehead atoms. The van der Waals surface area contributed by atoms with Crippen LogP contribution in [0.2, 0.25) is 0 Å². The van der Waals surface area contributed by atoms with Gasteiger partial charge in [-0.2, -0.15) is 5.10 Å². The van der Waals surface area contributed by atoms with Gasteiger partial charge < -0.3 is 0 Å². The zero-order valence-corrected chi connectivity index (χ0v) is 10.3. The Morgan fingerprint density at radius 2 is 1.94 bits per heavy atom. The van der Waals surface area contributed by atoms with Crippen LogP contribution in [0.15, 0.2) is 33.8 Å². The molecule has 1 heterocycles. The first-order chi connectivity index (χ1) is 7.74. The highest BCUT2D eigenvalue weighted by Gasteiger charge is 2.35. The van der Waals surface area contributed by atoms with E-state index in [1.54, 1.807) is 0 Å². The second-order valence-electron chi connectivity index (χ2n) is 4.22. The smallest absolute Gasteiger partial charge is 0.253 e. The minimum atomic E-state index is 0.0872. The first-order valence-corrected chi connectivity index (χ1v) is 6.19. The molecule has 0 N–H and O–H groups in total. The van der Waals surface area contributed by atoms with Gasteiger partial charge in [0.25, 0.3) is 5.91 Å². The third-order valence-corrected chi connectivity index (χ3v) is 3.45. The van der Waals surface area contributed by atoms with Crippen molar-refractivity contribution in [3.8, 4) is 0 Å². The molecule has 0 unspecified atom stereocenters. The van der Waals surface area contributed by atoms with E-state index in [9.17, 15) is 4.79 Å². The molecule has 1 aliphatic heterocycles. The second-order valence-corrected chi connectivity index (χ2v) is 5.14. The highest BCUT2D eigenvalue weighted by Crippen LogP contribution is 2.35. The van der Waals surface area contributed by atoms with E-state index in [4.69, 9.17) is 0 Å². The normalized spacial score (nSPS) is 20.2. The Kier molecular flexibility index (Phi) is 2.32. The quantitative estimate of drug-likeness (QED) is 0.819. The molecule has 1 aliphatic carbocycles. The zero-order chi connectivity index (χ0) is 11.1. The first kappa shape index (κ1) is 10.0. The van der Waals surface area contributed by atoms with Crippen molar-refractivity contribution >= 4 is 33.2 Å². The number of anilines is 1. The molecule has 3 nitrogen and oxygen atoms in total. The summed E-state index contributed by atoms with van der Waals surface area (Å²) in [6.07, 6.45) is 2.89. The van der Waals surface area contributed by atoms with Crippen LogP contribution >= 0.6 is 15.9 Å². The average molecular weight is 279 g/mol. The molecular formula is C12H11BrN2O. The van der Waals surface area contributed by atoms with E-state index in [-0.39, 0.29) is 5.91 Å². The number of halogens is 1. The number of hydrazone groups is 1. The Morgan fingerprint density at radius 3 is 2.56 bits per heavy atom. The molecule has 1 aromatic rings. The summed E-state index contributed by atoms with van der Waals surface area (Å²) in [5.74, 6) is 0.661. The Bertz CT molecular complexity index is 462. The maximum absolute atomic E-state index is 11.8. The number of rotatable bonds is 2. The molecule has 16 heavy (non-hydrogen) atoms. The number of carbonyl (C=O) groups excluding carboxylic acids is 1. The number of amides is 1. The fraction of sp³-hybridized carbons (Fsp3) is 0.333. The van der Waals surface area contributed by atoms with Gasteiger partial charge in [0, 0.05) is 4.47 Å². The first-order valence-electron chi connectivity index (χ1n) is 5.40. The van der Waals surface area contributed by atoms with E-state index >= 15 is 0 Å². The van der Waals surface area contributed by atoms with Crippen molar-refractivity contribution < 1.29 is 4.79 Å². The van der Waals surface area contributed by atoms with Crippen molar-refractivity contribution in [2.24, 2.45) is 11.0 Å². The van der Waals surface area contributed by atoms with E-state index in [0.29, 0.717) is 12.3 Å². The molecule has 1 aromatic carbocycles. The van der Waals surface area contributed by atoms with Crippen molar-refractivity contribution in [3.05, 3.63) is 28.7 Å². The monoisotopic (exact) mass is 278 g/mol. The number of hydrogen-bond acceptors (Lipinski definition) is 2. The minimum Gasteiger partial charge on any atom is -0.272 e. The minimum absolute atomic E-state index is 0.0872. The maximum Gasteiger partial charge on any atom is 0.253 e. The van der Waals surface area contributed by atoms with Gasteiger partial charge >= 0.3 is 0 Å². The van der Waals surface area contributed by atoms with Gasteiger partial charge in [-0.3, -0.25) is 4.79 Å². The lowest BCUT2D eigenvalue weighted by molar-refractivity contribution is -0.116. The van der Waals surface area contributed by atoms with Crippen LogP contribution in [0.3, 0.4) is 0 Å². The van der Waals surface area contributed by atoms with E-state index in [0.717, 1.165) is 15.9 Å². The van der Waals surface area contributed by atoms with Gasteiger partial charge in [-0.05, 0) is 43.0 Å². The van der Waals surface area contributed by atoms with Gasteiger partial charge in [0.05, 0.1) is 17.8 Å². The Labute approximate surface area is 102 Å². The van der Waals surface area contributed by atoms with Crippen LogP contribution in [0, 0.1) is 5.92 Å². The average Bonchev–Trinajstić information content (AvgIpc) is 3.04. The van der Waals surface area contributed by atoms with Gasteiger partial charge in [0.2, 0.25) is 0 Å². The number of hydrogen-bond donors (Lipinski definition) is 0. The van der Waals surface area contributed by atoms with E-state index in [1.165, 1.54) is 17.9 Å². The second kappa shape index (κ2) is 3.70. The SMILES string of the molecule is O=C1CC(C2CC2)=NN1c1ccc(Br)cc1. The number of nitrogens with zero attached hydrogens (tertiary/aromatic N) is 2. The van der Waals surface area contributed by atoms with Gasteiger partial charge in [-0.25, -0.2) is 5.01 Å². The topological polar surface area (TPSA) is 32.7 Å².